The average Bonchev–Trinajstić information content (AvgIpc) is 3.29. The van der Waals surface area contributed by atoms with Crippen LogP contribution in [-0.2, 0) is 17.6 Å². The second-order valence-electron chi connectivity index (χ2n) is 6.25. The Labute approximate surface area is 156 Å². The highest BCUT2D eigenvalue weighted by Crippen LogP contribution is 2.31. The number of fused-ring (bicyclic) bond motifs is 1. The lowest BCUT2D eigenvalue weighted by Crippen LogP contribution is -2.35. The van der Waals surface area contributed by atoms with Crippen LogP contribution in [0, 0.1) is 0 Å². The number of benzene rings is 2. The molecule has 132 valence electrons. The molecule has 26 heavy (non-hydrogen) atoms. The normalized spacial score (nSPS) is 14.3. The van der Waals surface area contributed by atoms with E-state index in [4.69, 9.17) is 4.42 Å². The molecule has 0 bridgehead atoms. The molecule has 0 aliphatic carbocycles. The van der Waals surface area contributed by atoms with Crippen molar-refractivity contribution in [3.63, 3.8) is 0 Å². The number of nitrogens with zero attached hydrogens (tertiary/aromatic N) is 3. The summed E-state index contributed by atoms with van der Waals surface area (Å²) in [5.74, 6) is 0.632. The molecular formula is C20H19N3O2S. The standard InChI is InChI=1S/C20H19N3O2S/c1-14(19(24)23-12-11-16-9-5-6-10-17(16)23)26-20-22-21-18(25-20)13-15-7-3-2-4-8-15/h2-10,14H,11-13H2,1H3/t14-/m0/s1. The Morgan fingerprint density at radius 2 is 1.92 bits per heavy atom. The fourth-order valence-electron chi connectivity index (χ4n) is 3.12. The summed E-state index contributed by atoms with van der Waals surface area (Å²) in [6.45, 7) is 2.61. The van der Waals surface area contributed by atoms with Crippen LogP contribution in [0.4, 0.5) is 5.69 Å². The number of hydrogen-bond donors (Lipinski definition) is 0. The van der Waals surface area contributed by atoms with Gasteiger partial charge in [0.2, 0.25) is 11.8 Å². The molecule has 1 aromatic heterocycles. The first-order valence-electron chi connectivity index (χ1n) is 8.63. The summed E-state index contributed by atoms with van der Waals surface area (Å²) < 4.78 is 5.71. The maximum Gasteiger partial charge on any atom is 0.277 e. The van der Waals surface area contributed by atoms with Crippen LogP contribution < -0.4 is 4.90 Å². The first kappa shape index (κ1) is 16.8. The Balaban J connectivity index is 1.41. The van der Waals surface area contributed by atoms with E-state index in [-0.39, 0.29) is 11.2 Å². The molecule has 1 amide bonds. The number of hydrogen-bond acceptors (Lipinski definition) is 5. The smallest absolute Gasteiger partial charge is 0.277 e. The van der Waals surface area contributed by atoms with Crippen LogP contribution in [0.15, 0.2) is 64.2 Å². The van der Waals surface area contributed by atoms with Crippen LogP contribution in [0.5, 0.6) is 0 Å². The van der Waals surface area contributed by atoms with Crippen molar-refractivity contribution in [1.29, 1.82) is 0 Å². The molecule has 2 aromatic carbocycles. The molecule has 5 nitrogen and oxygen atoms in total. The Morgan fingerprint density at radius 3 is 2.77 bits per heavy atom. The van der Waals surface area contributed by atoms with Crippen molar-refractivity contribution in [2.45, 2.75) is 30.2 Å². The molecule has 0 radical (unpaired) electrons. The van der Waals surface area contributed by atoms with Crippen molar-refractivity contribution < 1.29 is 9.21 Å². The van der Waals surface area contributed by atoms with Gasteiger partial charge in [-0.3, -0.25) is 4.79 Å². The average molecular weight is 365 g/mol. The van der Waals surface area contributed by atoms with Gasteiger partial charge in [0.05, 0.1) is 11.7 Å². The number of amides is 1. The largest absolute Gasteiger partial charge is 0.416 e. The lowest BCUT2D eigenvalue weighted by molar-refractivity contribution is -0.117. The van der Waals surface area contributed by atoms with Crippen molar-refractivity contribution in [2.24, 2.45) is 0 Å². The molecule has 3 aromatic rings. The van der Waals surface area contributed by atoms with E-state index in [2.05, 4.69) is 16.3 Å². The van der Waals surface area contributed by atoms with Crippen LogP contribution in [0.25, 0.3) is 0 Å². The molecule has 1 aliphatic heterocycles. The van der Waals surface area contributed by atoms with Crippen LogP contribution in [0.3, 0.4) is 0 Å². The predicted octanol–water partition coefficient (Wildman–Crippen LogP) is 3.73. The van der Waals surface area contributed by atoms with E-state index >= 15 is 0 Å². The SMILES string of the molecule is C[C@H](Sc1nnc(Cc2ccccc2)o1)C(=O)N1CCc2ccccc21. The molecule has 2 heterocycles. The Morgan fingerprint density at radius 1 is 1.15 bits per heavy atom. The van der Waals surface area contributed by atoms with E-state index in [1.807, 2.05) is 60.4 Å². The molecule has 1 atom stereocenters. The molecule has 1 aliphatic rings. The third-order valence-corrected chi connectivity index (χ3v) is 5.35. The molecule has 0 saturated carbocycles. The van der Waals surface area contributed by atoms with E-state index in [1.165, 1.54) is 17.3 Å². The molecule has 4 rings (SSSR count). The summed E-state index contributed by atoms with van der Waals surface area (Å²) in [6.07, 6.45) is 1.50. The van der Waals surface area contributed by atoms with Gasteiger partial charge in [-0.25, -0.2) is 0 Å². The van der Waals surface area contributed by atoms with E-state index in [0.29, 0.717) is 17.5 Å². The summed E-state index contributed by atoms with van der Waals surface area (Å²) in [5.41, 5.74) is 3.35. The zero-order valence-electron chi connectivity index (χ0n) is 14.5. The summed E-state index contributed by atoms with van der Waals surface area (Å²) in [7, 11) is 0. The minimum Gasteiger partial charge on any atom is -0.416 e. The third-order valence-electron chi connectivity index (χ3n) is 4.43. The number of aromatic nitrogens is 2. The number of rotatable bonds is 5. The van der Waals surface area contributed by atoms with Gasteiger partial charge in [0.15, 0.2) is 0 Å². The zero-order chi connectivity index (χ0) is 17.9. The maximum atomic E-state index is 12.8. The topological polar surface area (TPSA) is 59.2 Å². The van der Waals surface area contributed by atoms with E-state index in [1.54, 1.807) is 0 Å². The molecule has 0 fully saturated rings. The van der Waals surface area contributed by atoms with Gasteiger partial charge in [0.1, 0.15) is 0 Å². The number of para-hydroxylation sites is 1. The van der Waals surface area contributed by atoms with Crippen molar-refractivity contribution >= 4 is 23.4 Å². The predicted molar refractivity (Wildman–Crippen MR) is 101 cm³/mol. The van der Waals surface area contributed by atoms with Crippen LogP contribution in [-0.4, -0.2) is 27.9 Å². The molecule has 6 heteroatoms. The number of carbonyl (C=O) groups is 1. The summed E-state index contributed by atoms with van der Waals surface area (Å²) >= 11 is 1.31. The fourth-order valence-corrected chi connectivity index (χ4v) is 3.88. The van der Waals surface area contributed by atoms with Crippen molar-refractivity contribution in [3.8, 4) is 0 Å². The first-order chi connectivity index (χ1) is 12.7. The van der Waals surface area contributed by atoms with Crippen LogP contribution in [0.2, 0.25) is 0 Å². The third kappa shape index (κ3) is 3.51. The summed E-state index contributed by atoms with van der Waals surface area (Å²) in [6, 6.07) is 18.0. The second kappa shape index (κ2) is 7.33. The van der Waals surface area contributed by atoms with Gasteiger partial charge in [-0.2, -0.15) is 0 Å². The second-order valence-corrected chi connectivity index (χ2v) is 7.54. The van der Waals surface area contributed by atoms with Gasteiger partial charge in [-0.05, 0) is 30.5 Å². The van der Waals surface area contributed by atoms with Crippen LogP contribution >= 0.6 is 11.8 Å². The highest BCUT2D eigenvalue weighted by atomic mass is 32.2. The molecule has 0 unspecified atom stereocenters. The quantitative estimate of drug-likeness (QED) is 0.645. The molecule has 0 saturated heterocycles. The lowest BCUT2D eigenvalue weighted by atomic mass is 10.2. The van der Waals surface area contributed by atoms with Gasteiger partial charge >= 0.3 is 0 Å². The highest BCUT2D eigenvalue weighted by molar-refractivity contribution is 8.00. The molecular weight excluding hydrogens is 346 g/mol. The number of carbonyl (C=O) groups excluding carboxylic acids is 1. The summed E-state index contributed by atoms with van der Waals surface area (Å²) in [5, 5.41) is 8.32. The van der Waals surface area contributed by atoms with Gasteiger partial charge in [-0.15, -0.1) is 10.2 Å². The van der Waals surface area contributed by atoms with Crippen molar-refractivity contribution in [3.05, 3.63) is 71.6 Å². The van der Waals surface area contributed by atoms with E-state index in [9.17, 15) is 4.79 Å². The first-order valence-corrected chi connectivity index (χ1v) is 9.51. The van der Waals surface area contributed by atoms with Crippen molar-refractivity contribution in [1.82, 2.24) is 10.2 Å². The van der Waals surface area contributed by atoms with Gasteiger partial charge < -0.3 is 9.32 Å². The van der Waals surface area contributed by atoms with Gasteiger partial charge in [-0.1, -0.05) is 60.3 Å². The number of thioether (sulfide) groups is 1. The Bertz CT molecular complexity index is 910. The van der Waals surface area contributed by atoms with E-state index in [0.717, 1.165) is 24.2 Å². The summed E-state index contributed by atoms with van der Waals surface area (Å²) in [4.78, 5) is 14.7. The molecule has 0 spiro atoms. The van der Waals surface area contributed by atoms with Crippen molar-refractivity contribution in [2.75, 3.05) is 11.4 Å². The molecule has 0 N–H and O–H groups in total. The van der Waals surface area contributed by atoms with E-state index < -0.39 is 0 Å². The van der Waals surface area contributed by atoms with Crippen LogP contribution in [0.1, 0.15) is 23.9 Å². The lowest BCUT2D eigenvalue weighted by Gasteiger charge is -2.20. The van der Waals surface area contributed by atoms with Gasteiger partial charge in [0.25, 0.3) is 5.22 Å². The maximum absolute atomic E-state index is 12.8. The number of anilines is 1. The minimum atomic E-state index is -0.286. The fraction of sp³-hybridized carbons (Fsp3) is 0.250. The minimum absolute atomic E-state index is 0.0720. The Hall–Kier alpha value is -2.60. The monoisotopic (exact) mass is 365 g/mol. The highest BCUT2D eigenvalue weighted by Gasteiger charge is 2.29. The Kier molecular flexibility index (Phi) is 4.75. The van der Waals surface area contributed by atoms with Gasteiger partial charge in [0, 0.05) is 12.2 Å². The zero-order valence-corrected chi connectivity index (χ0v) is 15.3.